The van der Waals surface area contributed by atoms with E-state index in [-0.39, 0.29) is 0 Å². The van der Waals surface area contributed by atoms with Crippen LogP contribution in [0.2, 0.25) is 0 Å². The van der Waals surface area contributed by atoms with Gasteiger partial charge in [0.1, 0.15) is 0 Å². The van der Waals surface area contributed by atoms with Crippen LogP contribution in [-0.4, -0.2) is 5.11 Å². The molecule has 0 aliphatic heterocycles. The summed E-state index contributed by atoms with van der Waals surface area (Å²) in [7, 11) is 0. The Kier molecular flexibility index (Phi) is 2.02. The summed E-state index contributed by atoms with van der Waals surface area (Å²) in [6.07, 6.45) is 1.92. The summed E-state index contributed by atoms with van der Waals surface area (Å²) in [5, 5.41) is 8.03. The first kappa shape index (κ1) is 7.63. The molecule has 10 heavy (non-hydrogen) atoms. The zero-order valence-corrected chi connectivity index (χ0v) is 6.43. The van der Waals surface area contributed by atoms with Gasteiger partial charge in [-0.05, 0) is 18.6 Å². The average molecular weight is 161 g/mol. The minimum absolute atomic E-state index is 0.400. The van der Waals surface area contributed by atoms with Gasteiger partial charge in [-0.1, -0.05) is 18.5 Å². The standard InChI is InChI=1S/C7H9ClO2/c1-2-7(8,9)6-4-3-5-10-6/h3-5,9H,2H2,1H3. The van der Waals surface area contributed by atoms with Gasteiger partial charge in [-0.25, -0.2) is 0 Å². The van der Waals surface area contributed by atoms with E-state index in [1.807, 2.05) is 0 Å². The molecule has 0 saturated heterocycles. The highest BCUT2D eigenvalue weighted by atomic mass is 35.5. The van der Waals surface area contributed by atoms with Gasteiger partial charge >= 0.3 is 0 Å². The van der Waals surface area contributed by atoms with Crippen LogP contribution in [-0.2, 0) is 5.06 Å². The Hall–Kier alpha value is -0.470. The van der Waals surface area contributed by atoms with E-state index in [1.165, 1.54) is 6.26 Å². The average Bonchev–Trinajstić information content (AvgIpc) is 2.38. The Morgan fingerprint density at radius 1 is 1.80 bits per heavy atom. The van der Waals surface area contributed by atoms with Gasteiger partial charge in [-0.15, -0.1) is 0 Å². The molecule has 0 aromatic carbocycles. The molecular weight excluding hydrogens is 152 g/mol. The fourth-order valence-corrected chi connectivity index (χ4v) is 0.778. The topological polar surface area (TPSA) is 33.4 Å². The largest absolute Gasteiger partial charge is 0.465 e. The maximum absolute atomic E-state index is 9.36. The number of hydrogen-bond donors (Lipinski definition) is 1. The summed E-state index contributed by atoms with van der Waals surface area (Å²) in [5.74, 6) is 0.400. The zero-order valence-electron chi connectivity index (χ0n) is 5.67. The number of halogens is 1. The minimum Gasteiger partial charge on any atom is -0.465 e. The third-order valence-corrected chi connectivity index (χ3v) is 1.82. The second-order valence-electron chi connectivity index (χ2n) is 2.09. The Morgan fingerprint density at radius 3 is 2.90 bits per heavy atom. The SMILES string of the molecule is CCC(O)(Cl)c1ccco1. The van der Waals surface area contributed by atoms with Crippen molar-refractivity contribution >= 4 is 11.6 Å². The molecule has 1 aromatic heterocycles. The first-order valence-electron chi connectivity index (χ1n) is 3.12. The number of rotatable bonds is 2. The molecule has 1 heterocycles. The van der Waals surface area contributed by atoms with E-state index < -0.39 is 5.06 Å². The second kappa shape index (κ2) is 2.64. The highest BCUT2D eigenvalue weighted by Gasteiger charge is 2.26. The summed E-state index contributed by atoms with van der Waals surface area (Å²) >= 11 is 5.65. The van der Waals surface area contributed by atoms with Gasteiger partial charge < -0.3 is 9.52 Å². The molecule has 1 unspecified atom stereocenters. The number of furan rings is 1. The van der Waals surface area contributed by atoms with Crippen molar-refractivity contribution in [1.82, 2.24) is 0 Å². The van der Waals surface area contributed by atoms with Crippen LogP contribution >= 0.6 is 11.6 Å². The third kappa shape index (κ3) is 1.33. The fourth-order valence-electron chi connectivity index (χ4n) is 0.671. The lowest BCUT2D eigenvalue weighted by molar-refractivity contribution is 0.0982. The van der Waals surface area contributed by atoms with E-state index in [0.717, 1.165) is 0 Å². The maximum Gasteiger partial charge on any atom is 0.196 e. The van der Waals surface area contributed by atoms with Gasteiger partial charge in [-0.2, -0.15) is 0 Å². The van der Waals surface area contributed by atoms with Gasteiger partial charge in [0.25, 0.3) is 0 Å². The molecule has 0 saturated carbocycles. The minimum atomic E-state index is -1.33. The molecule has 2 nitrogen and oxygen atoms in total. The van der Waals surface area contributed by atoms with E-state index in [4.69, 9.17) is 16.0 Å². The molecule has 56 valence electrons. The molecule has 0 aliphatic carbocycles. The molecule has 0 spiro atoms. The summed E-state index contributed by atoms with van der Waals surface area (Å²) in [5.41, 5.74) is 0. The van der Waals surface area contributed by atoms with Crippen LogP contribution < -0.4 is 0 Å². The van der Waals surface area contributed by atoms with Crippen molar-refractivity contribution in [1.29, 1.82) is 0 Å². The highest BCUT2D eigenvalue weighted by molar-refractivity contribution is 6.22. The molecule has 3 heteroatoms. The van der Waals surface area contributed by atoms with E-state index in [1.54, 1.807) is 19.1 Å². The van der Waals surface area contributed by atoms with Crippen LogP contribution in [0.3, 0.4) is 0 Å². The predicted molar refractivity (Wildman–Crippen MR) is 38.7 cm³/mol. The molecule has 1 rings (SSSR count). The molecule has 0 aliphatic rings. The predicted octanol–water partition coefficient (Wildman–Crippen LogP) is 2.07. The summed E-state index contributed by atoms with van der Waals surface area (Å²) in [6.45, 7) is 1.79. The fraction of sp³-hybridized carbons (Fsp3) is 0.429. The normalized spacial score (nSPS) is 16.7. The Morgan fingerprint density at radius 2 is 2.50 bits per heavy atom. The van der Waals surface area contributed by atoms with Crippen LogP contribution in [0.4, 0.5) is 0 Å². The van der Waals surface area contributed by atoms with Crippen LogP contribution in [0.15, 0.2) is 22.8 Å². The highest BCUT2D eigenvalue weighted by Crippen LogP contribution is 2.28. The van der Waals surface area contributed by atoms with E-state index >= 15 is 0 Å². The van der Waals surface area contributed by atoms with Crippen molar-refractivity contribution in [2.24, 2.45) is 0 Å². The smallest absolute Gasteiger partial charge is 0.196 e. The van der Waals surface area contributed by atoms with E-state index in [0.29, 0.717) is 12.2 Å². The maximum atomic E-state index is 9.36. The lowest BCUT2D eigenvalue weighted by Crippen LogP contribution is -2.14. The van der Waals surface area contributed by atoms with Gasteiger partial charge in [0.15, 0.2) is 10.8 Å². The molecule has 1 atom stereocenters. The quantitative estimate of drug-likeness (QED) is 0.672. The first-order chi connectivity index (χ1) is 4.67. The van der Waals surface area contributed by atoms with Crippen molar-refractivity contribution in [3.8, 4) is 0 Å². The van der Waals surface area contributed by atoms with Crippen LogP contribution in [0.1, 0.15) is 19.1 Å². The molecular formula is C7H9ClO2. The van der Waals surface area contributed by atoms with Gasteiger partial charge in [0.05, 0.1) is 6.26 Å². The summed E-state index contributed by atoms with van der Waals surface area (Å²) < 4.78 is 4.91. The van der Waals surface area contributed by atoms with Crippen molar-refractivity contribution in [3.05, 3.63) is 24.2 Å². The molecule has 0 fully saturated rings. The third-order valence-electron chi connectivity index (χ3n) is 1.37. The molecule has 0 bridgehead atoms. The number of hydrogen-bond acceptors (Lipinski definition) is 2. The second-order valence-corrected chi connectivity index (χ2v) is 2.72. The van der Waals surface area contributed by atoms with Gasteiger partial charge in [0.2, 0.25) is 0 Å². The van der Waals surface area contributed by atoms with Gasteiger partial charge in [-0.3, -0.25) is 0 Å². The number of alkyl halides is 1. The Balaban J connectivity index is 2.85. The van der Waals surface area contributed by atoms with Crippen molar-refractivity contribution < 1.29 is 9.52 Å². The van der Waals surface area contributed by atoms with Crippen LogP contribution in [0, 0.1) is 0 Å². The first-order valence-corrected chi connectivity index (χ1v) is 3.50. The molecule has 0 radical (unpaired) electrons. The van der Waals surface area contributed by atoms with Crippen molar-refractivity contribution in [2.75, 3.05) is 0 Å². The van der Waals surface area contributed by atoms with E-state index in [9.17, 15) is 5.11 Å². The summed E-state index contributed by atoms with van der Waals surface area (Å²) in [4.78, 5) is 0. The van der Waals surface area contributed by atoms with Gasteiger partial charge in [0, 0.05) is 0 Å². The number of aliphatic hydroxyl groups is 1. The zero-order chi connectivity index (χ0) is 7.61. The van der Waals surface area contributed by atoms with Crippen molar-refractivity contribution in [3.63, 3.8) is 0 Å². The van der Waals surface area contributed by atoms with Crippen LogP contribution in [0.5, 0.6) is 0 Å². The van der Waals surface area contributed by atoms with Crippen molar-refractivity contribution in [2.45, 2.75) is 18.4 Å². The molecule has 1 aromatic rings. The molecule has 1 N–H and O–H groups in total. The Labute approximate surface area is 64.4 Å². The monoisotopic (exact) mass is 160 g/mol. The molecule has 0 amide bonds. The lowest BCUT2D eigenvalue weighted by Gasteiger charge is -2.14. The Bertz CT molecular complexity index is 191. The lowest BCUT2D eigenvalue weighted by atomic mass is 10.2. The summed E-state index contributed by atoms with van der Waals surface area (Å²) in [6, 6.07) is 3.34. The van der Waals surface area contributed by atoms with Crippen LogP contribution in [0.25, 0.3) is 0 Å². The van der Waals surface area contributed by atoms with E-state index in [2.05, 4.69) is 0 Å².